The zero-order valence-electron chi connectivity index (χ0n) is 10.5. The number of aryl methyl sites for hydroxylation is 1. The van der Waals surface area contributed by atoms with Gasteiger partial charge in [0.05, 0.1) is 11.6 Å². The van der Waals surface area contributed by atoms with E-state index >= 15 is 0 Å². The van der Waals surface area contributed by atoms with Crippen molar-refractivity contribution in [2.24, 2.45) is 0 Å². The standard InChI is InChI=1S/C14H12ClF2NO/c1-8-3-13(14(19)7-15)9(2)18(8)12-5-10(16)4-11(17)6-12/h3-6H,7H2,1-2H3. The van der Waals surface area contributed by atoms with E-state index in [0.29, 0.717) is 16.9 Å². The summed E-state index contributed by atoms with van der Waals surface area (Å²) >= 11 is 5.54. The van der Waals surface area contributed by atoms with Crippen LogP contribution in [0.4, 0.5) is 8.78 Å². The second kappa shape index (κ2) is 5.13. The summed E-state index contributed by atoms with van der Waals surface area (Å²) in [5, 5.41) is 0. The van der Waals surface area contributed by atoms with Crippen molar-refractivity contribution in [1.82, 2.24) is 4.57 Å². The van der Waals surface area contributed by atoms with Crippen LogP contribution in [0.25, 0.3) is 5.69 Å². The summed E-state index contributed by atoms with van der Waals surface area (Å²) in [6, 6.07) is 4.92. The highest BCUT2D eigenvalue weighted by molar-refractivity contribution is 6.30. The molecule has 0 N–H and O–H groups in total. The van der Waals surface area contributed by atoms with E-state index in [1.807, 2.05) is 0 Å². The van der Waals surface area contributed by atoms with Gasteiger partial charge in [0.1, 0.15) is 11.6 Å². The average molecular weight is 284 g/mol. The molecule has 2 nitrogen and oxygen atoms in total. The van der Waals surface area contributed by atoms with Crippen molar-refractivity contribution >= 4 is 17.4 Å². The van der Waals surface area contributed by atoms with E-state index in [-0.39, 0.29) is 11.7 Å². The van der Waals surface area contributed by atoms with Gasteiger partial charge in [-0.15, -0.1) is 11.6 Å². The lowest BCUT2D eigenvalue weighted by Gasteiger charge is -2.10. The van der Waals surface area contributed by atoms with Crippen molar-refractivity contribution in [1.29, 1.82) is 0 Å². The smallest absolute Gasteiger partial charge is 0.179 e. The Bertz CT molecular complexity index is 629. The second-order valence-electron chi connectivity index (χ2n) is 4.30. The Labute approximate surface area is 114 Å². The molecule has 0 amide bonds. The minimum Gasteiger partial charge on any atom is -0.318 e. The number of hydrogen-bond acceptors (Lipinski definition) is 1. The van der Waals surface area contributed by atoms with Gasteiger partial charge in [-0.3, -0.25) is 4.79 Å². The van der Waals surface area contributed by atoms with E-state index in [2.05, 4.69) is 0 Å². The molecule has 0 unspecified atom stereocenters. The molecule has 2 aromatic rings. The van der Waals surface area contributed by atoms with Crippen molar-refractivity contribution < 1.29 is 13.6 Å². The first-order valence-corrected chi connectivity index (χ1v) is 6.22. The summed E-state index contributed by atoms with van der Waals surface area (Å²) in [7, 11) is 0. The summed E-state index contributed by atoms with van der Waals surface area (Å²) in [6.07, 6.45) is 0. The lowest BCUT2D eigenvalue weighted by Crippen LogP contribution is -2.04. The second-order valence-corrected chi connectivity index (χ2v) is 4.57. The third-order valence-corrected chi connectivity index (χ3v) is 3.20. The number of nitrogens with zero attached hydrogens (tertiary/aromatic N) is 1. The van der Waals surface area contributed by atoms with E-state index in [4.69, 9.17) is 11.6 Å². The van der Waals surface area contributed by atoms with Crippen LogP contribution < -0.4 is 0 Å². The maximum atomic E-state index is 13.3. The normalized spacial score (nSPS) is 10.8. The van der Waals surface area contributed by atoms with Gasteiger partial charge in [-0.2, -0.15) is 0 Å². The van der Waals surface area contributed by atoms with Gasteiger partial charge < -0.3 is 4.57 Å². The Balaban J connectivity index is 2.62. The van der Waals surface area contributed by atoms with Gasteiger partial charge in [-0.05, 0) is 32.0 Å². The van der Waals surface area contributed by atoms with Gasteiger partial charge in [0.2, 0.25) is 0 Å². The van der Waals surface area contributed by atoms with Crippen molar-refractivity contribution in [3.63, 3.8) is 0 Å². The maximum absolute atomic E-state index is 13.3. The van der Waals surface area contributed by atoms with E-state index in [1.54, 1.807) is 24.5 Å². The minimum atomic E-state index is -0.660. The van der Waals surface area contributed by atoms with Gasteiger partial charge in [0.25, 0.3) is 0 Å². The van der Waals surface area contributed by atoms with Crippen LogP contribution in [-0.2, 0) is 0 Å². The predicted molar refractivity (Wildman–Crippen MR) is 70.2 cm³/mol. The molecule has 19 heavy (non-hydrogen) atoms. The Morgan fingerprint density at radius 2 is 1.74 bits per heavy atom. The Morgan fingerprint density at radius 3 is 2.26 bits per heavy atom. The third-order valence-electron chi connectivity index (χ3n) is 2.96. The number of carbonyl (C=O) groups excluding carboxylic acids is 1. The predicted octanol–water partition coefficient (Wildman–Crippen LogP) is 3.79. The lowest BCUT2D eigenvalue weighted by atomic mass is 10.2. The van der Waals surface area contributed by atoms with Crippen LogP contribution >= 0.6 is 11.6 Å². The van der Waals surface area contributed by atoms with Crippen LogP contribution in [0.1, 0.15) is 21.7 Å². The first-order valence-electron chi connectivity index (χ1n) is 5.68. The molecule has 0 saturated carbocycles. The van der Waals surface area contributed by atoms with Crippen molar-refractivity contribution in [2.75, 3.05) is 5.88 Å². The minimum absolute atomic E-state index is 0.123. The zero-order valence-corrected chi connectivity index (χ0v) is 11.3. The summed E-state index contributed by atoms with van der Waals surface area (Å²) in [5.74, 6) is -1.65. The van der Waals surface area contributed by atoms with Gasteiger partial charge in [-0.1, -0.05) is 0 Å². The molecular weight excluding hydrogens is 272 g/mol. The molecule has 0 fully saturated rings. The van der Waals surface area contributed by atoms with E-state index < -0.39 is 11.6 Å². The van der Waals surface area contributed by atoms with Crippen LogP contribution in [0.15, 0.2) is 24.3 Å². The molecule has 0 aliphatic heterocycles. The number of halogens is 3. The van der Waals surface area contributed by atoms with E-state index in [9.17, 15) is 13.6 Å². The Kier molecular flexibility index (Phi) is 3.71. The highest BCUT2D eigenvalue weighted by atomic mass is 35.5. The SMILES string of the molecule is Cc1cc(C(=O)CCl)c(C)n1-c1cc(F)cc(F)c1. The number of Topliss-reactive ketones (excluding diaryl/α,β-unsaturated/α-hetero) is 1. The summed E-state index contributed by atoms with van der Waals surface area (Å²) < 4.78 is 28.2. The number of carbonyl (C=O) groups is 1. The topological polar surface area (TPSA) is 22.0 Å². The molecule has 1 aromatic heterocycles. The number of hydrogen-bond donors (Lipinski definition) is 0. The summed E-state index contributed by atoms with van der Waals surface area (Å²) in [6.45, 7) is 3.48. The van der Waals surface area contributed by atoms with Crippen LogP contribution in [0, 0.1) is 25.5 Å². The van der Waals surface area contributed by atoms with Gasteiger partial charge in [0.15, 0.2) is 5.78 Å². The molecule has 0 bridgehead atoms. The quantitative estimate of drug-likeness (QED) is 0.620. The van der Waals surface area contributed by atoms with E-state index in [1.165, 1.54) is 12.1 Å². The number of rotatable bonds is 3. The monoisotopic (exact) mass is 283 g/mol. The van der Waals surface area contributed by atoms with Crippen LogP contribution in [0.3, 0.4) is 0 Å². The van der Waals surface area contributed by atoms with Gasteiger partial charge >= 0.3 is 0 Å². The van der Waals surface area contributed by atoms with Gasteiger partial charge in [-0.25, -0.2) is 8.78 Å². The first-order chi connectivity index (χ1) is 8.93. The van der Waals surface area contributed by atoms with Crippen molar-refractivity contribution in [2.45, 2.75) is 13.8 Å². The molecule has 2 rings (SSSR count). The van der Waals surface area contributed by atoms with Crippen molar-refractivity contribution in [3.05, 3.63) is 52.9 Å². The molecule has 0 aliphatic rings. The van der Waals surface area contributed by atoms with Crippen LogP contribution in [0.2, 0.25) is 0 Å². The largest absolute Gasteiger partial charge is 0.318 e. The maximum Gasteiger partial charge on any atom is 0.179 e. The molecule has 1 aromatic carbocycles. The summed E-state index contributed by atoms with van der Waals surface area (Å²) in [4.78, 5) is 11.7. The average Bonchev–Trinajstić information content (AvgIpc) is 2.62. The third kappa shape index (κ3) is 2.54. The molecular formula is C14H12ClF2NO. The zero-order chi connectivity index (χ0) is 14.2. The van der Waals surface area contributed by atoms with Crippen molar-refractivity contribution in [3.8, 4) is 5.69 Å². The molecule has 0 saturated heterocycles. The Hall–Kier alpha value is -1.68. The molecule has 0 spiro atoms. The molecule has 0 atom stereocenters. The van der Waals surface area contributed by atoms with Crippen LogP contribution in [-0.4, -0.2) is 16.2 Å². The van der Waals surface area contributed by atoms with Gasteiger partial charge in [0, 0.05) is 23.0 Å². The number of benzene rings is 1. The first kappa shape index (κ1) is 13.7. The number of aromatic nitrogens is 1. The number of ketones is 1. The fourth-order valence-corrected chi connectivity index (χ4v) is 2.33. The van der Waals surface area contributed by atoms with E-state index in [0.717, 1.165) is 11.8 Å². The highest BCUT2D eigenvalue weighted by Gasteiger charge is 2.16. The molecule has 0 radical (unpaired) electrons. The lowest BCUT2D eigenvalue weighted by molar-refractivity contribution is 0.102. The Morgan fingerprint density at radius 1 is 1.16 bits per heavy atom. The fraction of sp³-hybridized carbons (Fsp3) is 0.214. The van der Waals surface area contributed by atoms with Crippen LogP contribution in [0.5, 0.6) is 0 Å². The highest BCUT2D eigenvalue weighted by Crippen LogP contribution is 2.22. The molecule has 5 heteroatoms. The molecule has 0 aliphatic carbocycles. The number of alkyl halides is 1. The summed E-state index contributed by atoms with van der Waals surface area (Å²) in [5.41, 5.74) is 2.16. The fourth-order valence-electron chi connectivity index (χ4n) is 2.18. The molecule has 1 heterocycles. The molecule has 100 valence electrons.